The van der Waals surface area contributed by atoms with Gasteiger partial charge in [0.1, 0.15) is 6.10 Å². The molecule has 1 aliphatic rings. The highest BCUT2D eigenvalue weighted by Crippen LogP contribution is 2.26. The third kappa shape index (κ3) is 2.52. The highest BCUT2D eigenvalue weighted by atomic mass is 16.5. The summed E-state index contributed by atoms with van der Waals surface area (Å²) in [4.78, 5) is 4.47. The highest BCUT2D eigenvalue weighted by Gasteiger charge is 2.25. The maximum absolute atomic E-state index is 5.49. The molecule has 100 valence electrons. The number of nitrogens with one attached hydrogen (secondary N) is 1. The van der Waals surface area contributed by atoms with Gasteiger partial charge in [0.15, 0.2) is 0 Å². The normalized spacial score (nSPS) is 20.6. The molecule has 1 N–H and O–H groups in total. The first-order chi connectivity index (χ1) is 9.38. The van der Waals surface area contributed by atoms with Crippen LogP contribution in [0.1, 0.15) is 42.3 Å². The van der Waals surface area contributed by atoms with Crippen LogP contribution in [-0.4, -0.2) is 23.8 Å². The molecule has 0 radical (unpaired) electrons. The summed E-state index contributed by atoms with van der Waals surface area (Å²) in [7, 11) is 1.65. The van der Waals surface area contributed by atoms with Crippen LogP contribution in [0.2, 0.25) is 0 Å². The topological polar surface area (TPSA) is 60.2 Å². The number of ether oxygens (including phenoxy) is 1. The molecule has 0 amide bonds. The first-order valence-corrected chi connectivity index (χ1v) is 6.53. The quantitative estimate of drug-likeness (QED) is 0.912. The summed E-state index contributed by atoms with van der Waals surface area (Å²) in [6.45, 7) is 1.01. The maximum Gasteiger partial charge on any atom is 0.243 e. The molecule has 1 fully saturated rings. The van der Waals surface area contributed by atoms with Gasteiger partial charge in [0.05, 0.1) is 6.04 Å². The van der Waals surface area contributed by atoms with E-state index in [0.717, 1.165) is 24.9 Å². The van der Waals surface area contributed by atoms with Crippen molar-refractivity contribution in [3.8, 4) is 0 Å². The van der Waals surface area contributed by atoms with E-state index in [1.165, 1.54) is 0 Å². The molecule has 3 rings (SSSR count). The third-order valence-electron chi connectivity index (χ3n) is 3.39. The SMILES string of the molecule is COC(c1ccccc1)c1noc([C@@H]2CCCN2)n1. The Balaban J connectivity index is 1.84. The lowest BCUT2D eigenvalue weighted by molar-refractivity contribution is 0.126. The van der Waals surface area contributed by atoms with Gasteiger partial charge < -0.3 is 14.6 Å². The number of benzene rings is 1. The number of aromatic nitrogens is 2. The van der Waals surface area contributed by atoms with Crippen molar-refractivity contribution in [2.75, 3.05) is 13.7 Å². The van der Waals surface area contributed by atoms with Crippen LogP contribution in [-0.2, 0) is 4.74 Å². The Morgan fingerprint density at radius 1 is 1.37 bits per heavy atom. The molecule has 0 bridgehead atoms. The number of nitrogens with zero attached hydrogens (tertiary/aromatic N) is 2. The Hall–Kier alpha value is -1.72. The van der Waals surface area contributed by atoms with Crippen LogP contribution in [0.5, 0.6) is 0 Å². The molecule has 19 heavy (non-hydrogen) atoms. The standard InChI is InChI=1S/C14H17N3O2/c1-18-12(10-6-3-2-4-7-10)13-16-14(19-17-13)11-8-5-9-15-11/h2-4,6-7,11-12,15H,5,8-9H2,1H3/t11-,12?/m0/s1. The van der Waals surface area contributed by atoms with Crippen molar-refractivity contribution in [1.82, 2.24) is 15.5 Å². The van der Waals surface area contributed by atoms with Crippen LogP contribution in [0.25, 0.3) is 0 Å². The van der Waals surface area contributed by atoms with Gasteiger partial charge in [-0.05, 0) is 24.9 Å². The van der Waals surface area contributed by atoms with E-state index in [2.05, 4.69) is 15.5 Å². The smallest absolute Gasteiger partial charge is 0.243 e. The van der Waals surface area contributed by atoms with E-state index in [4.69, 9.17) is 9.26 Å². The van der Waals surface area contributed by atoms with Crippen LogP contribution < -0.4 is 5.32 Å². The van der Waals surface area contributed by atoms with Gasteiger partial charge in [0.2, 0.25) is 11.7 Å². The molecule has 0 saturated carbocycles. The van der Waals surface area contributed by atoms with Gasteiger partial charge in [-0.2, -0.15) is 4.98 Å². The monoisotopic (exact) mass is 259 g/mol. The molecule has 5 nitrogen and oxygen atoms in total. The molecule has 1 unspecified atom stereocenters. The Kier molecular flexibility index (Phi) is 3.57. The fourth-order valence-corrected chi connectivity index (χ4v) is 2.41. The van der Waals surface area contributed by atoms with E-state index < -0.39 is 0 Å². The predicted molar refractivity (Wildman–Crippen MR) is 69.6 cm³/mol. The predicted octanol–water partition coefficient (Wildman–Crippen LogP) is 2.23. The van der Waals surface area contributed by atoms with Gasteiger partial charge in [0, 0.05) is 7.11 Å². The zero-order valence-electron chi connectivity index (χ0n) is 10.9. The number of methoxy groups -OCH3 is 1. The number of hydrogen-bond acceptors (Lipinski definition) is 5. The largest absolute Gasteiger partial charge is 0.369 e. The minimum atomic E-state index is -0.278. The van der Waals surface area contributed by atoms with Gasteiger partial charge in [-0.25, -0.2) is 0 Å². The lowest BCUT2D eigenvalue weighted by Crippen LogP contribution is -2.13. The number of hydrogen-bond donors (Lipinski definition) is 1. The van der Waals surface area contributed by atoms with Gasteiger partial charge in [-0.3, -0.25) is 0 Å². The summed E-state index contributed by atoms with van der Waals surface area (Å²) in [5.74, 6) is 1.24. The highest BCUT2D eigenvalue weighted by molar-refractivity contribution is 5.22. The van der Waals surface area contributed by atoms with Crippen LogP contribution in [0.3, 0.4) is 0 Å². The van der Waals surface area contributed by atoms with Crippen molar-refractivity contribution in [3.63, 3.8) is 0 Å². The fraction of sp³-hybridized carbons (Fsp3) is 0.429. The molecular weight excluding hydrogens is 242 g/mol. The van der Waals surface area contributed by atoms with Crippen LogP contribution in [0, 0.1) is 0 Å². The van der Waals surface area contributed by atoms with Crippen molar-refractivity contribution in [2.24, 2.45) is 0 Å². The van der Waals surface area contributed by atoms with E-state index in [1.807, 2.05) is 30.3 Å². The third-order valence-corrected chi connectivity index (χ3v) is 3.39. The zero-order chi connectivity index (χ0) is 13.1. The minimum absolute atomic E-state index is 0.189. The van der Waals surface area contributed by atoms with Crippen molar-refractivity contribution in [3.05, 3.63) is 47.6 Å². The van der Waals surface area contributed by atoms with Crippen LogP contribution in [0.4, 0.5) is 0 Å². The molecule has 2 atom stereocenters. The zero-order valence-corrected chi connectivity index (χ0v) is 10.9. The Bertz CT molecular complexity index is 520. The molecule has 0 spiro atoms. The molecule has 1 aliphatic heterocycles. The molecule has 1 saturated heterocycles. The lowest BCUT2D eigenvalue weighted by atomic mass is 10.1. The Labute approximate surface area is 112 Å². The van der Waals surface area contributed by atoms with E-state index in [-0.39, 0.29) is 12.1 Å². The van der Waals surface area contributed by atoms with Crippen molar-refractivity contribution in [2.45, 2.75) is 25.0 Å². The Morgan fingerprint density at radius 2 is 2.21 bits per heavy atom. The second-order valence-corrected chi connectivity index (χ2v) is 4.67. The molecular formula is C14H17N3O2. The van der Waals surface area contributed by atoms with E-state index in [0.29, 0.717) is 11.7 Å². The summed E-state index contributed by atoms with van der Waals surface area (Å²) in [5, 5.41) is 7.40. The molecule has 5 heteroatoms. The summed E-state index contributed by atoms with van der Waals surface area (Å²) in [6, 6.07) is 10.1. The van der Waals surface area contributed by atoms with Gasteiger partial charge in [0.25, 0.3) is 0 Å². The Morgan fingerprint density at radius 3 is 2.89 bits per heavy atom. The van der Waals surface area contributed by atoms with Crippen molar-refractivity contribution >= 4 is 0 Å². The first kappa shape index (κ1) is 12.3. The second-order valence-electron chi connectivity index (χ2n) is 4.67. The van der Waals surface area contributed by atoms with Crippen molar-refractivity contribution < 1.29 is 9.26 Å². The van der Waals surface area contributed by atoms with Crippen LogP contribution in [0.15, 0.2) is 34.9 Å². The first-order valence-electron chi connectivity index (χ1n) is 6.53. The molecule has 2 heterocycles. The molecule has 2 aromatic rings. The van der Waals surface area contributed by atoms with E-state index in [9.17, 15) is 0 Å². The maximum atomic E-state index is 5.49. The molecule has 1 aromatic heterocycles. The summed E-state index contributed by atoms with van der Waals surface area (Å²) >= 11 is 0. The fourth-order valence-electron chi connectivity index (χ4n) is 2.41. The van der Waals surface area contributed by atoms with Crippen LogP contribution >= 0.6 is 0 Å². The van der Waals surface area contributed by atoms with Gasteiger partial charge in [-0.1, -0.05) is 35.5 Å². The molecule has 1 aromatic carbocycles. The minimum Gasteiger partial charge on any atom is -0.369 e. The van der Waals surface area contributed by atoms with Gasteiger partial charge in [-0.15, -0.1) is 0 Å². The van der Waals surface area contributed by atoms with E-state index >= 15 is 0 Å². The average molecular weight is 259 g/mol. The van der Waals surface area contributed by atoms with E-state index in [1.54, 1.807) is 7.11 Å². The summed E-state index contributed by atoms with van der Waals surface area (Å²) in [6.07, 6.45) is 1.92. The lowest BCUT2D eigenvalue weighted by Gasteiger charge is -2.11. The number of rotatable bonds is 4. The average Bonchev–Trinajstić information content (AvgIpc) is 3.11. The molecule has 0 aliphatic carbocycles. The summed E-state index contributed by atoms with van der Waals surface area (Å²) in [5.41, 5.74) is 1.02. The van der Waals surface area contributed by atoms with Crippen molar-refractivity contribution in [1.29, 1.82) is 0 Å². The summed E-state index contributed by atoms with van der Waals surface area (Å²) < 4.78 is 10.8. The van der Waals surface area contributed by atoms with Gasteiger partial charge >= 0.3 is 0 Å². The second kappa shape index (κ2) is 5.50.